The van der Waals surface area contributed by atoms with Crippen LogP contribution in [-0.2, 0) is 11.2 Å². The highest BCUT2D eigenvalue weighted by atomic mass is 32.1. The Labute approximate surface area is 125 Å². The van der Waals surface area contributed by atoms with Gasteiger partial charge in [-0.25, -0.2) is 0 Å². The van der Waals surface area contributed by atoms with E-state index < -0.39 is 0 Å². The highest BCUT2D eigenvalue weighted by Gasteiger charge is 2.28. The third-order valence-corrected chi connectivity index (χ3v) is 5.86. The van der Waals surface area contributed by atoms with Gasteiger partial charge >= 0.3 is 0 Å². The predicted octanol–water partition coefficient (Wildman–Crippen LogP) is 3.35. The number of hydrogen-bond acceptors (Lipinski definition) is 4. The van der Waals surface area contributed by atoms with Crippen molar-refractivity contribution in [2.75, 3.05) is 6.61 Å². The maximum absolute atomic E-state index is 5.85. The summed E-state index contributed by atoms with van der Waals surface area (Å²) in [4.78, 5) is 1.58. The molecule has 3 N–H and O–H groups in total. The summed E-state index contributed by atoms with van der Waals surface area (Å²) in [5, 5.41) is 2.24. The van der Waals surface area contributed by atoms with Crippen LogP contribution in [0.15, 0.2) is 11.4 Å². The molecular weight excluding hydrogens is 268 g/mol. The average molecular weight is 294 g/mol. The van der Waals surface area contributed by atoms with Crippen LogP contribution < -0.4 is 11.3 Å². The number of hydrogen-bond donors (Lipinski definition) is 2. The van der Waals surface area contributed by atoms with Crippen LogP contribution >= 0.6 is 11.3 Å². The van der Waals surface area contributed by atoms with Crippen molar-refractivity contribution in [1.82, 2.24) is 5.43 Å². The lowest BCUT2D eigenvalue weighted by Crippen LogP contribution is -2.40. The fraction of sp³-hybridized carbons (Fsp3) is 0.750. The van der Waals surface area contributed by atoms with E-state index in [-0.39, 0.29) is 0 Å². The van der Waals surface area contributed by atoms with Crippen LogP contribution in [0.4, 0.5) is 0 Å². The number of nitrogens with one attached hydrogen (secondary N) is 1. The molecule has 0 spiro atoms. The van der Waals surface area contributed by atoms with E-state index in [1.807, 2.05) is 11.3 Å². The molecule has 4 heteroatoms. The summed E-state index contributed by atoms with van der Waals surface area (Å²) in [5.41, 5.74) is 4.65. The van der Waals surface area contributed by atoms with Gasteiger partial charge in [-0.05, 0) is 68.4 Å². The molecule has 3 rings (SSSR count). The zero-order valence-corrected chi connectivity index (χ0v) is 13.0. The third kappa shape index (κ3) is 3.25. The minimum absolute atomic E-state index is 0.421. The largest absolute Gasteiger partial charge is 0.378 e. The van der Waals surface area contributed by atoms with Crippen LogP contribution in [0.1, 0.15) is 61.3 Å². The number of ether oxygens (including phenoxy) is 1. The monoisotopic (exact) mass is 294 g/mol. The van der Waals surface area contributed by atoms with Gasteiger partial charge in [0.15, 0.2) is 0 Å². The third-order valence-electron chi connectivity index (χ3n) is 4.86. The second-order valence-electron chi connectivity index (χ2n) is 6.14. The number of thiophene rings is 1. The zero-order chi connectivity index (χ0) is 13.8. The Bertz CT molecular complexity index is 414. The first-order valence-corrected chi connectivity index (χ1v) is 8.90. The van der Waals surface area contributed by atoms with E-state index in [1.54, 1.807) is 10.4 Å². The Morgan fingerprint density at radius 3 is 3.15 bits per heavy atom. The van der Waals surface area contributed by atoms with Crippen LogP contribution in [0.2, 0.25) is 0 Å². The molecule has 0 bridgehead atoms. The molecule has 0 amide bonds. The van der Waals surface area contributed by atoms with Gasteiger partial charge in [-0.15, -0.1) is 11.3 Å². The van der Waals surface area contributed by atoms with Crippen molar-refractivity contribution in [3.63, 3.8) is 0 Å². The van der Waals surface area contributed by atoms with Gasteiger partial charge in [0.05, 0.1) is 6.10 Å². The molecule has 1 aromatic rings. The van der Waals surface area contributed by atoms with Gasteiger partial charge in [-0.3, -0.25) is 11.3 Å². The van der Waals surface area contributed by atoms with E-state index in [1.165, 1.54) is 44.9 Å². The lowest BCUT2D eigenvalue weighted by molar-refractivity contribution is 0.101. The first-order chi connectivity index (χ1) is 9.88. The summed E-state index contributed by atoms with van der Waals surface area (Å²) in [7, 11) is 0. The molecule has 1 aliphatic carbocycles. The number of nitrogens with two attached hydrogens (primary N) is 1. The quantitative estimate of drug-likeness (QED) is 0.625. The van der Waals surface area contributed by atoms with Gasteiger partial charge in [0.2, 0.25) is 0 Å². The number of fused-ring (bicyclic) bond motifs is 1. The number of hydrazine groups is 1. The maximum Gasteiger partial charge on any atom is 0.0576 e. The molecule has 3 atom stereocenters. The first-order valence-electron chi connectivity index (χ1n) is 8.02. The molecule has 2 heterocycles. The topological polar surface area (TPSA) is 47.3 Å². The van der Waals surface area contributed by atoms with Crippen molar-refractivity contribution in [3.8, 4) is 0 Å². The highest BCUT2D eigenvalue weighted by Crippen LogP contribution is 2.38. The Morgan fingerprint density at radius 1 is 1.40 bits per heavy atom. The Balaban J connectivity index is 1.54. The van der Waals surface area contributed by atoms with E-state index in [2.05, 4.69) is 16.9 Å². The van der Waals surface area contributed by atoms with Crippen LogP contribution in [0.5, 0.6) is 0 Å². The van der Waals surface area contributed by atoms with Crippen molar-refractivity contribution >= 4 is 11.3 Å². The van der Waals surface area contributed by atoms with Crippen molar-refractivity contribution in [3.05, 3.63) is 21.9 Å². The molecule has 112 valence electrons. The molecule has 1 aliphatic heterocycles. The normalized spacial score (nSPS) is 27.4. The first kappa shape index (κ1) is 14.5. The molecule has 1 saturated heterocycles. The molecule has 1 fully saturated rings. The van der Waals surface area contributed by atoms with Crippen LogP contribution in [0.25, 0.3) is 0 Å². The number of aryl methyl sites for hydroxylation is 1. The lowest BCUT2D eigenvalue weighted by Gasteiger charge is -2.30. The van der Waals surface area contributed by atoms with Gasteiger partial charge in [0, 0.05) is 23.4 Å². The van der Waals surface area contributed by atoms with Crippen molar-refractivity contribution in [2.24, 2.45) is 5.84 Å². The van der Waals surface area contributed by atoms with Gasteiger partial charge in [-0.2, -0.15) is 0 Å². The second-order valence-corrected chi connectivity index (χ2v) is 7.14. The van der Waals surface area contributed by atoms with E-state index in [0.29, 0.717) is 18.1 Å². The molecule has 0 aromatic carbocycles. The Hall–Kier alpha value is -0.420. The maximum atomic E-state index is 5.85. The summed E-state index contributed by atoms with van der Waals surface area (Å²) in [6.45, 7) is 0.962. The lowest BCUT2D eigenvalue weighted by atomic mass is 9.81. The van der Waals surface area contributed by atoms with Gasteiger partial charge in [-0.1, -0.05) is 0 Å². The van der Waals surface area contributed by atoms with Crippen LogP contribution in [-0.4, -0.2) is 18.8 Å². The van der Waals surface area contributed by atoms with Crippen molar-refractivity contribution in [1.29, 1.82) is 0 Å². The smallest absolute Gasteiger partial charge is 0.0576 e. The molecule has 0 saturated carbocycles. The van der Waals surface area contributed by atoms with E-state index in [9.17, 15) is 0 Å². The van der Waals surface area contributed by atoms with Crippen LogP contribution in [0.3, 0.4) is 0 Å². The molecular formula is C16H26N2OS. The van der Waals surface area contributed by atoms with Crippen molar-refractivity contribution in [2.45, 2.75) is 69.4 Å². The number of rotatable bonds is 6. The van der Waals surface area contributed by atoms with E-state index in [4.69, 9.17) is 10.6 Å². The van der Waals surface area contributed by atoms with Gasteiger partial charge in [0.1, 0.15) is 0 Å². The zero-order valence-electron chi connectivity index (χ0n) is 12.1. The summed E-state index contributed by atoms with van der Waals surface area (Å²) in [6, 6.07) is 2.74. The minimum atomic E-state index is 0.421. The van der Waals surface area contributed by atoms with Crippen LogP contribution in [0, 0.1) is 0 Å². The predicted molar refractivity (Wildman–Crippen MR) is 83.9 cm³/mol. The molecule has 3 unspecified atom stereocenters. The van der Waals surface area contributed by atoms with Gasteiger partial charge in [0.25, 0.3) is 0 Å². The molecule has 3 nitrogen and oxygen atoms in total. The van der Waals surface area contributed by atoms with E-state index >= 15 is 0 Å². The molecule has 0 radical (unpaired) electrons. The Morgan fingerprint density at radius 2 is 2.35 bits per heavy atom. The fourth-order valence-corrected chi connectivity index (χ4v) is 4.77. The Kier molecular flexibility index (Phi) is 5.10. The summed E-state index contributed by atoms with van der Waals surface area (Å²) in [5.74, 6) is 6.46. The molecule has 20 heavy (non-hydrogen) atoms. The highest BCUT2D eigenvalue weighted by molar-refractivity contribution is 7.10. The van der Waals surface area contributed by atoms with E-state index in [0.717, 1.165) is 13.0 Å². The minimum Gasteiger partial charge on any atom is -0.378 e. The molecule has 2 aliphatic rings. The SMILES string of the molecule is NNC(CCCC1CCCO1)C1CCCc2sccc21. The average Bonchev–Trinajstić information content (AvgIpc) is 3.14. The fourth-order valence-electron chi connectivity index (χ4n) is 3.78. The van der Waals surface area contributed by atoms with Gasteiger partial charge < -0.3 is 4.74 Å². The standard InChI is InChI=1S/C16H26N2OS/c17-18-15(7-1-4-12-5-3-10-19-12)13-6-2-8-16-14(13)9-11-20-16/h9,11-13,15,18H,1-8,10,17H2. The second kappa shape index (κ2) is 7.03. The summed E-state index contributed by atoms with van der Waals surface area (Å²) in [6.07, 6.45) is 10.4. The molecule has 1 aromatic heterocycles. The van der Waals surface area contributed by atoms with Crippen molar-refractivity contribution < 1.29 is 4.74 Å². The summed E-state index contributed by atoms with van der Waals surface area (Å²) < 4.78 is 5.71. The summed E-state index contributed by atoms with van der Waals surface area (Å²) >= 11 is 1.91.